The van der Waals surface area contributed by atoms with E-state index in [-0.39, 0.29) is 0 Å². The average Bonchev–Trinajstić information content (AvgIpc) is 2.97. The van der Waals surface area contributed by atoms with Gasteiger partial charge in [0.1, 0.15) is 0 Å². The van der Waals surface area contributed by atoms with Crippen LogP contribution in [-0.4, -0.2) is 52.5 Å². The third-order valence-corrected chi connectivity index (χ3v) is 4.89. The van der Waals surface area contributed by atoms with Gasteiger partial charge in [-0.05, 0) is 43.9 Å². The standard InChI is InChI=1S/C16H31N3O2/c1-17-15(18-10-6-14-5-3-11-21-14)19-13-16(7-4-8-16)9-12-20-2/h14H,3-13H2,1-2H3,(H2,17,18,19). The van der Waals surface area contributed by atoms with Crippen LogP contribution in [-0.2, 0) is 9.47 Å². The maximum absolute atomic E-state index is 5.64. The van der Waals surface area contributed by atoms with Gasteiger partial charge in [-0.1, -0.05) is 6.42 Å². The van der Waals surface area contributed by atoms with Gasteiger partial charge in [-0.3, -0.25) is 4.99 Å². The largest absolute Gasteiger partial charge is 0.385 e. The maximum atomic E-state index is 5.64. The van der Waals surface area contributed by atoms with E-state index < -0.39 is 0 Å². The number of nitrogens with one attached hydrogen (secondary N) is 2. The van der Waals surface area contributed by atoms with Crippen LogP contribution in [0.1, 0.15) is 44.9 Å². The van der Waals surface area contributed by atoms with Crippen molar-refractivity contribution in [3.05, 3.63) is 0 Å². The third-order valence-electron chi connectivity index (χ3n) is 4.89. The summed E-state index contributed by atoms with van der Waals surface area (Å²) in [7, 11) is 3.62. The number of hydrogen-bond donors (Lipinski definition) is 2. The number of nitrogens with zero attached hydrogens (tertiary/aromatic N) is 1. The maximum Gasteiger partial charge on any atom is 0.190 e. The molecule has 5 nitrogen and oxygen atoms in total. The normalized spacial score (nSPS) is 24.7. The van der Waals surface area contributed by atoms with Crippen molar-refractivity contribution in [2.45, 2.75) is 51.0 Å². The highest BCUT2D eigenvalue weighted by atomic mass is 16.5. The molecule has 1 aliphatic carbocycles. The van der Waals surface area contributed by atoms with Crippen LogP contribution < -0.4 is 10.6 Å². The molecule has 2 rings (SSSR count). The monoisotopic (exact) mass is 297 g/mol. The van der Waals surface area contributed by atoms with Gasteiger partial charge in [-0.15, -0.1) is 0 Å². The first-order valence-corrected chi connectivity index (χ1v) is 8.33. The highest BCUT2D eigenvalue weighted by Gasteiger charge is 2.36. The van der Waals surface area contributed by atoms with E-state index in [0.717, 1.165) is 45.1 Å². The summed E-state index contributed by atoms with van der Waals surface area (Å²) in [6, 6.07) is 0. The zero-order valence-electron chi connectivity index (χ0n) is 13.6. The summed E-state index contributed by atoms with van der Waals surface area (Å²) in [4.78, 5) is 4.32. The number of methoxy groups -OCH3 is 1. The van der Waals surface area contributed by atoms with E-state index in [4.69, 9.17) is 9.47 Å². The lowest BCUT2D eigenvalue weighted by Gasteiger charge is -2.42. The van der Waals surface area contributed by atoms with Crippen LogP contribution in [0, 0.1) is 5.41 Å². The Morgan fingerprint density at radius 1 is 1.33 bits per heavy atom. The topological polar surface area (TPSA) is 54.9 Å². The van der Waals surface area contributed by atoms with Crippen molar-refractivity contribution in [3.8, 4) is 0 Å². The third kappa shape index (κ3) is 5.15. The van der Waals surface area contributed by atoms with Gasteiger partial charge in [0.2, 0.25) is 0 Å². The average molecular weight is 297 g/mol. The van der Waals surface area contributed by atoms with E-state index in [9.17, 15) is 0 Å². The van der Waals surface area contributed by atoms with Crippen molar-refractivity contribution >= 4 is 5.96 Å². The highest BCUT2D eigenvalue weighted by molar-refractivity contribution is 5.79. The first-order valence-electron chi connectivity index (χ1n) is 8.33. The Morgan fingerprint density at radius 2 is 2.19 bits per heavy atom. The fourth-order valence-corrected chi connectivity index (χ4v) is 3.23. The van der Waals surface area contributed by atoms with Gasteiger partial charge < -0.3 is 20.1 Å². The Balaban J connectivity index is 1.64. The molecule has 1 heterocycles. The summed E-state index contributed by atoms with van der Waals surface area (Å²) < 4.78 is 10.9. The number of aliphatic imine (C=N–C) groups is 1. The molecule has 1 atom stereocenters. The summed E-state index contributed by atoms with van der Waals surface area (Å²) >= 11 is 0. The Morgan fingerprint density at radius 3 is 2.76 bits per heavy atom. The van der Waals surface area contributed by atoms with Crippen LogP contribution in [0.3, 0.4) is 0 Å². The summed E-state index contributed by atoms with van der Waals surface area (Å²) in [5.74, 6) is 0.914. The van der Waals surface area contributed by atoms with Gasteiger partial charge in [-0.2, -0.15) is 0 Å². The quantitative estimate of drug-likeness (QED) is 0.531. The highest BCUT2D eigenvalue weighted by Crippen LogP contribution is 2.43. The number of rotatable bonds is 8. The second-order valence-electron chi connectivity index (χ2n) is 6.37. The SMILES string of the molecule is CN=C(NCCC1CCCO1)NCC1(CCOC)CCC1. The predicted molar refractivity (Wildman–Crippen MR) is 85.7 cm³/mol. The van der Waals surface area contributed by atoms with Gasteiger partial charge in [0, 0.05) is 40.5 Å². The molecular formula is C16H31N3O2. The smallest absolute Gasteiger partial charge is 0.190 e. The summed E-state index contributed by atoms with van der Waals surface area (Å²) in [5, 5.41) is 6.89. The minimum absolute atomic E-state index is 0.419. The van der Waals surface area contributed by atoms with Gasteiger partial charge in [0.05, 0.1) is 6.10 Å². The summed E-state index contributed by atoms with van der Waals surface area (Å²) in [5.41, 5.74) is 0.419. The van der Waals surface area contributed by atoms with Gasteiger partial charge in [0.15, 0.2) is 5.96 Å². The molecule has 2 N–H and O–H groups in total. The minimum Gasteiger partial charge on any atom is -0.385 e. The zero-order valence-corrected chi connectivity index (χ0v) is 13.6. The molecule has 0 radical (unpaired) electrons. The summed E-state index contributed by atoms with van der Waals surface area (Å²) in [6.07, 6.45) is 9.00. The second kappa shape index (κ2) is 8.59. The first-order chi connectivity index (χ1) is 10.3. The minimum atomic E-state index is 0.419. The van der Waals surface area contributed by atoms with E-state index in [0.29, 0.717) is 11.5 Å². The van der Waals surface area contributed by atoms with Crippen LogP contribution >= 0.6 is 0 Å². The van der Waals surface area contributed by atoms with Gasteiger partial charge >= 0.3 is 0 Å². The Hall–Kier alpha value is -0.810. The van der Waals surface area contributed by atoms with E-state index in [1.54, 1.807) is 7.11 Å². The van der Waals surface area contributed by atoms with Crippen LogP contribution in [0.2, 0.25) is 0 Å². The zero-order chi connectivity index (χ0) is 15.0. The lowest BCUT2D eigenvalue weighted by molar-refractivity contribution is 0.0732. The lowest BCUT2D eigenvalue weighted by Crippen LogP contribution is -2.47. The van der Waals surface area contributed by atoms with Crippen LogP contribution in [0.15, 0.2) is 4.99 Å². The molecule has 122 valence electrons. The molecule has 5 heteroatoms. The van der Waals surface area contributed by atoms with Crippen molar-refractivity contribution in [1.82, 2.24) is 10.6 Å². The van der Waals surface area contributed by atoms with E-state index in [1.165, 1.54) is 32.1 Å². The van der Waals surface area contributed by atoms with Crippen LogP contribution in [0.4, 0.5) is 0 Å². The molecule has 1 saturated heterocycles. The fourth-order valence-electron chi connectivity index (χ4n) is 3.23. The molecule has 2 fully saturated rings. The van der Waals surface area contributed by atoms with Crippen molar-refractivity contribution in [2.24, 2.45) is 10.4 Å². The molecule has 0 amide bonds. The second-order valence-corrected chi connectivity index (χ2v) is 6.37. The van der Waals surface area contributed by atoms with Crippen molar-refractivity contribution in [3.63, 3.8) is 0 Å². The molecule has 0 bridgehead atoms. The molecular weight excluding hydrogens is 266 g/mol. The molecule has 21 heavy (non-hydrogen) atoms. The number of guanidine groups is 1. The first kappa shape index (κ1) is 16.6. The Bertz CT molecular complexity index is 323. The molecule has 0 aromatic heterocycles. The van der Waals surface area contributed by atoms with Crippen molar-refractivity contribution < 1.29 is 9.47 Å². The molecule has 1 saturated carbocycles. The van der Waals surface area contributed by atoms with E-state index in [1.807, 2.05) is 7.05 Å². The fraction of sp³-hybridized carbons (Fsp3) is 0.938. The summed E-state index contributed by atoms with van der Waals surface area (Å²) in [6.45, 7) is 3.71. The van der Waals surface area contributed by atoms with E-state index in [2.05, 4.69) is 15.6 Å². The Kier molecular flexibility index (Phi) is 6.77. The van der Waals surface area contributed by atoms with Crippen LogP contribution in [0.25, 0.3) is 0 Å². The molecule has 0 aromatic rings. The molecule has 0 spiro atoms. The number of hydrogen-bond acceptors (Lipinski definition) is 3. The van der Waals surface area contributed by atoms with Crippen molar-refractivity contribution in [1.29, 1.82) is 0 Å². The van der Waals surface area contributed by atoms with Gasteiger partial charge in [-0.25, -0.2) is 0 Å². The Labute approximate surface area is 128 Å². The number of ether oxygens (including phenoxy) is 2. The molecule has 1 unspecified atom stereocenters. The van der Waals surface area contributed by atoms with Gasteiger partial charge in [0.25, 0.3) is 0 Å². The van der Waals surface area contributed by atoms with Crippen molar-refractivity contribution in [2.75, 3.05) is 40.5 Å². The molecule has 2 aliphatic rings. The van der Waals surface area contributed by atoms with E-state index >= 15 is 0 Å². The lowest BCUT2D eigenvalue weighted by atomic mass is 9.67. The molecule has 0 aromatic carbocycles. The van der Waals surface area contributed by atoms with Crippen LogP contribution in [0.5, 0.6) is 0 Å². The predicted octanol–water partition coefficient (Wildman–Crippen LogP) is 1.93. The molecule has 1 aliphatic heterocycles.